The summed E-state index contributed by atoms with van der Waals surface area (Å²) in [4.78, 5) is 12.5. The summed E-state index contributed by atoms with van der Waals surface area (Å²) in [6.45, 7) is 7.44. The lowest BCUT2D eigenvalue weighted by atomic mass is 10.2. The predicted molar refractivity (Wildman–Crippen MR) is 133 cm³/mol. The van der Waals surface area contributed by atoms with Gasteiger partial charge in [-0.3, -0.25) is 4.79 Å². The van der Waals surface area contributed by atoms with E-state index in [0.29, 0.717) is 48.4 Å². The number of nitrogens with one attached hydrogen (secondary N) is 1. The zero-order valence-electron chi connectivity index (χ0n) is 18.4. The summed E-state index contributed by atoms with van der Waals surface area (Å²) >= 11 is 2.14. The third-order valence-electron chi connectivity index (χ3n) is 3.98. The van der Waals surface area contributed by atoms with Crippen LogP contribution in [0.25, 0.3) is 0 Å². The topological polar surface area (TPSA) is 78.4 Å². The molecular formula is C24H27IN2O5. The van der Waals surface area contributed by atoms with Crippen molar-refractivity contribution < 1.29 is 23.7 Å². The minimum atomic E-state index is -0.363. The van der Waals surface area contributed by atoms with Gasteiger partial charge in [-0.2, -0.15) is 5.10 Å². The van der Waals surface area contributed by atoms with E-state index in [0.717, 1.165) is 15.6 Å². The number of benzene rings is 2. The van der Waals surface area contributed by atoms with Crippen molar-refractivity contribution in [2.45, 2.75) is 27.2 Å². The second-order valence-corrected chi connectivity index (χ2v) is 7.56. The fraction of sp³-hybridized carbons (Fsp3) is 0.333. The summed E-state index contributed by atoms with van der Waals surface area (Å²) < 4.78 is 23.3. The molecule has 0 fully saturated rings. The Morgan fingerprint density at radius 1 is 1.06 bits per heavy atom. The lowest BCUT2D eigenvalue weighted by Crippen LogP contribution is -2.18. The maximum Gasteiger partial charge on any atom is 0.271 e. The summed E-state index contributed by atoms with van der Waals surface area (Å²) in [5, 5.41) is 4.07. The van der Waals surface area contributed by atoms with Crippen molar-refractivity contribution >= 4 is 34.7 Å². The van der Waals surface area contributed by atoms with Crippen molar-refractivity contribution in [3.05, 3.63) is 45.0 Å². The fourth-order valence-electron chi connectivity index (χ4n) is 2.66. The Morgan fingerprint density at radius 2 is 1.81 bits per heavy atom. The molecule has 170 valence electrons. The van der Waals surface area contributed by atoms with Crippen LogP contribution in [0.2, 0.25) is 0 Å². The molecule has 0 unspecified atom stereocenters. The number of carbonyl (C=O) groups is 1. The first-order valence-electron chi connectivity index (χ1n) is 10.3. The average molecular weight is 550 g/mol. The molecule has 1 amide bonds. The smallest absolute Gasteiger partial charge is 0.271 e. The van der Waals surface area contributed by atoms with Gasteiger partial charge < -0.3 is 18.9 Å². The third-order valence-corrected chi connectivity index (χ3v) is 4.78. The maximum absolute atomic E-state index is 12.5. The van der Waals surface area contributed by atoms with Crippen LogP contribution in [0.5, 0.6) is 23.0 Å². The summed E-state index contributed by atoms with van der Waals surface area (Å²) in [7, 11) is 0. The highest BCUT2D eigenvalue weighted by atomic mass is 127. The highest BCUT2D eigenvalue weighted by Crippen LogP contribution is 2.34. The lowest BCUT2D eigenvalue weighted by molar-refractivity contribution is 0.0954. The molecule has 0 aromatic heterocycles. The Kier molecular flexibility index (Phi) is 10.7. The maximum atomic E-state index is 12.5. The Hall–Kier alpha value is -2.93. The molecule has 0 saturated carbocycles. The van der Waals surface area contributed by atoms with Crippen LogP contribution in [-0.4, -0.2) is 38.5 Å². The Bertz CT molecular complexity index is 985. The Labute approximate surface area is 202 Å². The van der Waals surface area contributed by atoms with E-state index in [1.165, 1.54) is 6.21 Å². The third kappa shape index (κ3) is 7.34. The number of hydrogen-bond acceptors (Lipinski definition) is 6. The summed E-state index contributed by atoms with van der Waals surface area (Å²) in [6.07, 6.45) is 7.70. The van der Waals surface area contributed by atoms with Crippen molar-refractivity contribution in [2.24, 2.45) is 5.10 Å². The molecule has 7 nitrogen and oxygen atoms in total. The number of halogens is 1. The largest absolute Gasteiger partial charge is 0.490 e. The number of terminal acetylenes is 1. The molecule has 0 aliphatic carbocycles. The molecule has 2 aromatic rings. The number of rotatable bonds is 12. The van der Waals surface area contributed by atoms with E-state index >= 15 is 0 Å². The van der Waals surface area contributed by atoms with Gasteiger partial charge in [0.15, 0.2) is 23.0 Å². The monoisotopic (exact) mass is 550 g/mol. The van der Waals surface area contributed by atoms with Gasteiger partial charge in [0, 0.05) is 5.56 Å². The molecular weight excluding hydrogens is 523 g/mol. The lowest BCUT2D eigenvalue weighted by Gasteiger charge is -2.13. The normalized spacial score (nSPS) is 10.5. The Morgan fingerprint density at radius 3 is 2.50 bits per heavy atom. The molecule has 2 rings (SSSR count). The first kappa shape index (κ1) is 25.3. The molecule has 0 bridgehead atoms. The van der Waals surface area contributed by atoms with E-state index in [1.807, 2.05) is 26.8 Å². The van der Waals surface area contributed by atoms with E-state index in [9.17, 15) is 4.79 Å². The van der Waals surface area contributed by atoms with Gasteiger partial charge in [0.2, 0.25) is 0 Å². The van der Waals surface area contributed by atoms with Crippen LogP contribution < -0.4 is 24.4 Å². The molecule has 0 aliphatic rings. The number of hydrazone groups is 1. The molecule has 2 aromatic carbocycles. The van der Waals surface area contributed by atoms with Crippen LogP contribution in [-0.2, 0) is 0 Å². The quantitative estimate of drug-likeness (QED) is 0.180. The van der Waals surface area contributed by atoms with Gasteiger partial charge in [-0.25, -0.2) is 5.43 Å². The number of carbonyl (C=O) groups excluding carboxylic acids is 1. The highest BCUT2D eigenvalue weighted by molar-refractivity contribution is 14.1. The first-order valence-corrected chi connectivity index (χ1v) is 11.4. The van der Waals surface area contributed by atoms with Gasteiger partial charge in [0.05, 0.1) is 29.6 Å². The zero-order valence-corrected chi connectivity index (χ0v) is 20.6. The molecule has 32 heavy (non-hydrogen) atoms. The average Bonchev–Trinajstić information content (AvgIpc) is 2.78. The summed E-state index contributed by atoms with van der Waals surface area (Å²) in [5.41, 5.74) is 3.69. The van der Waals surface area contributed by atoms with Crippen molar-refractivity contribution in [2.75, 3.05) is 26.4 Å². The minimum absolute atomic E-state index is 0.144. The fourth-order valence-corrected chi connectivity index (χ4v) is 3.44. The molecule has 0 spiro atoms. The molecule has 0 saturated heterocycles. The van der Waals surface area contributed by atoms with Crippen molar-refractivity contribution in [3.8, 4) is 35.3 Å². The van der Waals surface area contributed by atoms with Crippen molar-refractivity contribution in [1.29, 1.82) is 0 Å². The van der Waals surface area contributed by atoms with E-state index in [-0.39, 0.29) is 12.5 Å². The zero-order chi connectivity index (χ0) is 23.3. The standard InChI is InChI=1S/C24H27IN2O5/c1-5-11-31-20-10-9-18(15-21(20)29-7-3)24(28)27-26-16-17-13-19(25)23(32-12-6-2)22(14-17)30-8-4/h2,9-10,13-16H,5,7-8,11-12H2,1,3-4H3,(H,27,28)/b26-16+. The van der Waals surface area contributed by atoms with E-state index < -0.39 is 0 Å². The van der Waals surface area contributed by atoms with Crippen LogP contribution in [0.1, 0.15) is 43.1 Å². The predicted octanol–water partition coefficient (Wildman–Crippen LogP) is 4.65. The van der Waals surface area contributed by atoms with E-state index in [1.54, 1.807) is 24.3 Å². The number of nitrogens with zero attached hydrogens (tertiary/aromatic N) is 1. The van der Waals surface area contributed by atoms with Crippen LogP contribution in [0, 0.1) is 15.9 Å². The minimum Gasteiger partial charge on any atom is -0.490 e. The van der Waals surface area contributed by atoms with Gasteiger partial charge in [-0.1, -0.05) is 12.8 Å². The number of hydrogen-bond donors (Lipinski definition) is 1. The van der Waals surface area contributed by atoms with Gasteiger partial charge in [-0.05, 0) is 78.8 Å². The van der Waals surface area contributed by atoms with Crippen LogP contribution in [0.15, 0.2) is 35.4 Å². The SMILES string of the molecule is C#CCOc1c(I)cc(/C=N/NC(=O)c2ccc(OCCC)c(OCC)c2)cc1OCC. The van der Waals surface area contributed by atoms with E-state index in [2.05, 4.69) is 39.0 Å². The van der Waals surface area contributed by atoms with Gasteiger partial charge in [-0.15, -0.1) is 6.42 Å². The van der Waals surface area contributed by atoms with Crippen LogP contribution in [0.3, 0.4) is 0 Å². The highest BCUT2D eigenvalue weighted by Gasteiger charge is 2.13. The van der Waals surface area contributed by atoms with Crippen molar-refractivity contribution in [1.82, 2.24) is 5.43 Å². The number of amides is 1. The second kappa shape index (κ2) is 13.5. The molecule has 0 radical (unpaired) electrons. The molecule has 1 N–H and O–H groups in total. The van der Waals surface area contributed by atoms with Crippen molar-refractivity contribution in [3.63, 3.8) is 0 Å². The number of ether oxygens (including phenoxy) is 4. The van der Waals surface area contributed by atoms with Crippen LogP contribution >= 0.6 is 22.6 Å². The molecule has 8 heteroatoms. The van der Waals surface area contributed by atoms with Crippen LogP contribution in [0.4, 0.5) is 0 Å². The van der Waals surface area contributed by atoms with Gasteiger partial charge >= 0.3 is 0 Å². The van der Waals surface area contributed by atoms with E-state index in [4.69, 9.17) is 25.4 Å². The molecule has 0 aliphatic heterocycles. The van der Waals surface area contributed by atoms with Gasteiger partial charge in [0.25, 0.3) is 5.91 Å². The molecule has 0 heterocycles. The van der Waals surface area contributed by atoms with Gasteiger partial charge in [0.1, 0.15) is 6.61 Å². The first-order chi connectivity index (χ1) is 15.5. The Balaban J connectivity index is 2.14. The summed E-state index contributed by atoms with van der Waals surface area (Å²) in [5.74, 6) is 4.36. The molecule has 0 atom stereocenters. The summed E-state index contributed by atoms with van der Waals surface area (Å²) in [6, 6.07) is 8.68. The second-order valence-electron chi connectivity index (χ2n) is 6.40.